The number of amides is 1. The number of anilines is 1. The predicted octanol–water partition coefficient (Wildman–Crippen LogP) is 1.49. The van der Waals surface area contributed by atoms with Gasteiger partial charge in [0.1, 0.15) is 5.69 Å². The minimum Gasteiger partial charge on any atom is -0.380 e. The summed E-state index contributed by atoms with van der Waals surface area (Å²) in [5.41, 5.74) is 0.469. The summed E-state index contributed by atoms with van der Waals surface area (Å²) in [7, 11) is 0. The molecule has 1 aliphatic heterocycles. The van der Waals surface area contributed by atoms with Gasteiger partial charge in [0.25, 0.3) is 5.91 Å². The summed E-state index contributed by atoms with van der Waals surface area (Å²) in [5.74, 6) is 0.972. The first-order chi connectivity index (χ1) is 9.61. The quantitative estimate of drug-likeness (QED) is 0.828. The second kappa shape index (κ2) is 6.74. The van der Waals surface area contributed by atoms with Crippen LogP contribution in [0.2, 0.25) is 0 Å². The van der Waals surface area contributed by atoms with Crippen molar-refractivity contribution in [3.63, 3.8) is 0 Å². The molecule has 0 spiro atoms. The zero-order chi connectivity index (χ0) is 14.5. The van der Waals surface area contributed by atoms with E-state index in [9.17, 15) is 4.79 Å². The third-order valence-corrected chi connectivity index (χ3v) is 3.49. The highest BCUT2D eigenvalue weighted by Crippen LogP contribution is 2.14. The van der Waals surface area contributed by atoms with Crippen LogP contribution in [-0.2, 0) is 11.3 Å². The topological polar surface area (TPSA) is 68.2 Å². The maximum absolute atomic E-state index is 12.3. The van der Waals surface area contributed by atoms with E-state index in [2.05, 4.69) is 29.5 Å². The van der Waals surface area contributed by atoms with E-state index in [1.807, 2.05) is 17.7 Å². The SMILES string of the molecule is CCOCC(NC(=O)c1cn2c(n1)NCCC2)C(C)C. The Bertz CT molecular complexity index is 433. The molecule has 2 rings (SSSR count). The summed E-state index contributed by atoms with van der Waals surface area (Å²) >= 11 is 0. The van der Waals surface area contributed by atoms with Crippen molar-refractivity contribution in [2.24, 2.45) is 5.92 Å². The van der Waals surface area contributed by atoms with Crippen molar-refractivity contribution >= 4 is 11.9 Å². The molecule has 0 aliphatic carbocycles. The third kappa shape index (κ3) is 3.50. The van der Waals surface area contributed by atoms with E-state index >= 15 is 0 Å². The average Bonchev–Trinajstić information content (AvgIpc) is 2.86. The summed E-state index contributed by atoms with van der Waals surface area (Å²) < 4.78 is 7.41. The van der Waals surface area contributed by atoms with Crippen molar-refractivity contribution < 1.29 is 9.53 Å². The molecule has 2 N–H and O–H groups in total. The van der Waals surface area contributed by atoms with E-state index in [0.29, 0.717) is 24.8 Å². The maximum Gasteiger partial charge on any atom is 0.271 e. The number of nitrogens with one attached hydrogen (secondary N) is 2. The molecular formula is C14H24N4O2. The maximum atomic E-state index is 12.3. The number of hydrogen-bond acceptors (Lipinski definition) is 4. The highest BCUT2D eigenvalue weighted by molar-refractivity contribution is 5.92. The highest BCUT2D eigenvalue weighted by atomic mass is 16.5. The number of carbonyl (C=O) groups is 1. The van der Waals surface area contributed by atoms with E-state index in [-0.39, 0.29) is 11.9 Å². The van der Waals surface area contributed by atoms with Gasteiger partial charge in [-0.2, -0.15) is 0 Å². The van der Waals surface area contributed by atoms with Gasteiger partial charge in [-0.1, -0.05) is 13.8 Å². The number of imidazole rings is 1. The molecule has 0 saturated heterocycles. The van der Waals surface area contributed by atoms with E-state index in [0.717, 1.165) is 25.5 Å². The van der Waals surface area contributed by atoms with Crippen LogP contribution in [0.3, 0.4) is 0 Å². The number of aromatic nitrogens is 2. The molecule has 0 radical (unpaired) electrons. The Hall–Kier alpha value is -1.56. The van der Waals surface area contributed by atoms with Gasteiger partial charge in [-0.3, -0.25) is 4.79 Å². The van der Waals surface area contributed by atoms with Gasteiger partial charge in [0.15, 0.2) is 0 Å². The molecule has 6 heteroatoms. The second-order valence-electron chi connectivity index (χ2n) is 5.41. The van der Waals surface area contributed by atoms with E-state index in [1.165, 1.54) is 0 Å². The fourth-order valence-corrected chi connectivity index (χ4v) is 2.17. The molecule has 0 aromatic carbocycles. The van der Waals surface area contributed by atoms with Gasteiger partial charge in [-0.15, -0.1) is 0 Å². The molecular weight excluding hydrogens is 256 g/mol. The van der Waals surface area contributed by atoms with Gasteiger partial charge in [0.2, 0.25) is 5.95 Å². The Labute approximate surface area is 119 Å². The van der Waals surface area contributed by atoms with Crippen LogP contribution in [0, 0.1) is 5.92 Å². The molecule has 1 aliphatic rings. The van der Waals surface area contributed by atoms with Crippen LogP contribution in [0.4, 0.5) is 5.95 Å². The fraction of sp³-hybridized carbons (Fsp3) is 0.714. The summed E-state index contributed by atoms with van der Waals surface area (Å²) in [6.07, 6.45) is 2.87. The standard InChI is InChI=1S/C14H24N4O2/c1-4-20-9-12(10(2)3)16-13(19)11-8-18-7-5-6-15-14(18)17-11/h8,10,12H,4-7,9H2,1-3H3,(H,15,17)(H,16,19). The minimum atomic E-state index is -0.132. The molecule has 0 saturated carbocycles. The Kier molecular flexibility index (Phi) is 5.00. The summed E-state index contributed by atoms with van der Waals surface area (Å²) in [5, 5.41) is 6.20. The average molecular weight is 280 g/mol. The monoisotopic (exact) mass is 280 g/mol. The number of carbonyl (C=O) groups excluding carboxylic acids is 1. The van der Waals surface area contributed by atoms with E-state index < -0.39 is 0 Å². The van der Waals surface area contributed by atoms with Gasteiger partial charge in [-0.25, -0.2) is 4.98 Å². The van der Waals surface area contributed by atoms with Crippen LogP contribution in [0.15, 0.2) is 6.20 Å². The Balaban J connectivity index is 2.00. The van der Waals surface area contributed by atoms with Gasteiger partial charge in [-0.05, 0) is 19.3 Å². The molecule has 20 heavy (non-hydrogen) atoms. The second-order valence-corrected chi connectivity index (χ2v) is 5.41. The van der Waals surface area contributed by atoms with Crippen LogP contribution in [0.5, 0.6) is 0 Å². The lowest BCUT2D eigenvalue weighted by Gasteiger charge is -2.21. The van der Waals surface area contributed by atoms with E-state index in [1.54, 1.807) is 0 Å². The van der Waals surface area contributed by atoms with Crippen LogP contribution >= 0.6 is 0 Å². The van der Waals surface area contributed by atoms with Gasteiger partial charge < -0.3 is 19.9 Å². The number of ether oxygens (including phenoxy) is 1. The zero-order valence-electron chi connectivity index (χ0n) is 12.5. The molecule has 6 nitrogen and oxygen atoms in total. The fourth-order valence-electron chi connectivity index (χ4n) is 2.17. The van der Waals surface area contributed by atoms with Crippen molar-refractivity contribution in [3.8, 4) is 0 Å². The van der Waals surface area contributed by atoms with Gasteiger partial charge in [0.05, 0.1) is 12.6 Å². The molecule has 1 aromatic heterocycles. The smallest absolute Gasteiger partial charge is 0.271 e. The first kappa shape index (κ1) is 14.8. The molecule has 2 heterocycles. The van der Waals surface area contributed by atoms with Crippen molar-refractivity contribution in [2.75, 3.05) is 25.1 Å². The number of hydrogen-bond donors (Lipinski definition) is 2. The Morgan fingerprint density at radius 1 is 1.60 bits per heavy atom. The molecule has 1 aromatic rings. The van der Waals surface area contributed by atoms with Crippen molar-refractivity contribution in [2.45, 2.75) is 39.8 Å². The highest BCUT2D eigenvalue weighted by Gasteiger charge is 2.21. The Morgan fingerprint density at radius 3 is 3.05 bits per heavy atom. The van der Waals surface area contributed by atoms with Crippen LogP contribution in [0.1, 0.15) is 37.7 Å². The van der Waals surface area contributed by atoms with Crippen molar-refractivity contribution in [1.29, 1.82) is 0 Å². The molecule has 1 atom stereocenters. The molecule has 0 fully saturated rings. The molecule has 112 valence electrons. The number of aryl methyl sites for hydroxylation is 1. The summed E-state index contributed by atoms with van der Waals surface area (Å²) in [4.78, 5) is 16.6. The predicted molar refractivity (Wildman–Crippen MR) is 77.9 cm³/mol. The van der Waals surface area contributed by atoms with Crippen LogP contribution < -0.4 is 10.6 Å². The number of fused-ring (bicyclic) bond motifs is 1. The summed E-state index contributed by atoms with van der Waals surface area (Å²) in [6.45, 7) is 9.11. The lowest BCUT2D eigenvalue weighted by atomic mass is 10.1. The lowest BCUT2D eigenvalue weighted by Crippen LogP contribution is -2.42. The van der Waals surface area contributed by atoms with E-state index in [4.69, 9.17) is 4.74 Å². The molecule has 1 amide bonds. The zero-order valence-corrected chi connectivity index (χ0v) is 12.5. The van der Waals surface area contributed by atoms with Gasteiger partial charge in [0, 0.05) is 25.9 Å². The van der Waals surface area contributed by atoms with Crippen LogP contribution in [0.25, 0.3) is 0 Å². The van der Waals surface area contributed by atoms with Crippen LogP contribution in [-0.4, -0.2) is 41.3 Å². The normalized spacial score (nSPS) is 15.6. The minimum absolute atomic E-state index is 0.00846. The lowest BCUT2D eigenvalue weighted by molar-refractivity contribution is 0.0802. The van der Waals surface area contributed by atoms with Gasteiger partial charge >= 0.3 is 0 Å². The largest absolute Gasteiger partial charge is 0.380 e. The third-order valence-electron chi connectivity index (χ3n) is 3.49. The number of nitrogens with zero attached hydrogens (tertiary/aromatic N) is 2. The molecule has 0 bridgehead atoms. The van der Waals surface area contributed by atoms with Crippen molar-refractivity contribution in [1.82, 2.24) is 14.9 Å². The first-order valence-corrected chi connectivity index (χ1v) is 7.31. The number of rotatable bonds is 6. The summed E-state index contributed by atoms with van der Waals surface area (Å²) in [6, 6.07) is 0.00846. The molecule has 1 unspecified atom stereocenters. The first-order valence-electron chi connectivity index (χ1n) is 7.31. The van der Waals surface area contributed by atoms with Crippen molar-refractivity contribution in [3.05, 3.63) is 11.9 Å². The Morgan fingerprint density at radius 2 is 2.40 bits per heavy atom.